The van der Waals surface area contributed by atoms with E-state index >= 15 is 0 Å². The summed E-state index contributed by atoms with van der Waals surface area (Å²) in [6.07, 6.45) is 0.548. The number of aromatic nitrogens is 2. The van der Waals surface area contributed by atoms with E-state index in [2.05, 4.69) is 10.4 Å². The van der Waals surface area contributed by atoms with E-state index in [1.165, 1.54) is 27.2 Å². The van der Waals surface area contributed by atoms with E-state index in [1.807, 2.05) is 0 Å². The Hall–Kier alpha value is -3.73. The molecule has 0 aliphatic carbocycles. The summed E-state index contributed by atoms with van der Waals surface area (Å²) >= 11 is 0. The van der Waals surface area contributed by atoms with Crippen LogP contribution in [0.4, 0.5) is 17.2 Å². The van der Waals surface area contributed by atoms with E-state index in [0.717, 1.165) is 0 Å². The molecule has 31 heavy (non-hydrogen) atoms. The quantitative estimate of drug-likeness (QED) is 0.479. The number of nitrogens with zero attached hydrogens (tertiary/aromatic N) is 4. The predicted molar refractivity (Wildman–Crippen MR) is 115 cm³/mol. The first-order valence-electron chi connectivity index (χ1n) is 9.48. The number of carbonyl (C=O) groups excluding carboxylic acids is 1. The Labute approximate surface area is 178 Å². The second-order valence-corrected chi connectivity index (χ2v) is 9.12. The smallest absolute Gasteiger partial charge is 0.269 e. The number of nitro benzene ring substituents is 1. The summed E-state index contributed by atoms with van der Waals surface area (Å²) in [4.78, 5) is 23.2. The fourth-order valence-corrected chi connectivity index (χ4v) is 4.98. The van der Waals surface area contributed by atoms with Crippen LogP contribution >= 0.6 is 0 Å². The maximum absolute atomic E-state index is 12.9. The first-order chi connectivity index (χ1) is 14.7. The van der Waals surface area contributed by atoms with E-state index in [1.54, 1.807) is 43.3 Å². The van der Waals surface area contributed by atoms with Crippen LogP contribution in [0.5, 0.6) is 0 Å². The average Bonchev–Trinajstić information content (AvgIpc) is 3.29. The largest absolute Gasteiger partial charge is 0.306 e. The van der Waals surface area contributed by atoms with Gasteiger partial charge < -0.3 is 5.32 Å². The maximum Gasteiger partial charge on any atom is 0.269 e. The van der Waals surface area contributed by atoms with Crippen LogP contribution < -0.4 is 9.62 Å². The highest BCUT2D eigenvalue weighted by Gasteiger charge is 2.28. The molecule has 1 amide bonds. The first kappa shape index (κ1) is 20.5. The van der Waals surface area contributed by atoms with Crippen molar-refractivity contribution in [3.05, 3.63) is 76.0 Å². The third-order valence-electron chi connectivity index (χ3n) is 4.87. The van der Waals surface area contributed by atoms with Gasteiger partial charge in [-0.3, -0.25) is 19.2 Å². The lowest BCUT2D eigenvalue weighted by molar-refractivity contribution is -0.384. The lowest BCUT2D eigenvalue weighted by Crippen LogP contribution is -2.25. The molecular formula is C20H19N5O5S. The molecule has 0 saturated carbocycles. The van der Waals surface area contributed by atoms with Crippen molar-refractivity contribution in [3.8, 4) is 5.69 Å². The average molecular weight is 441 g/mol. The van der Waals surface area contributed by atoms with Gasteiger partial charge in [-0.05, 0) is 43.7 Å². The number of anilines is 2. The highest BCUT2D eigenvalue weighted by Crippen LogP contribution is 2.26. The monoisotopic (exact) mass is 441 g/mol. The summed E-state index contributed by atoms with van der Waals surface area (Å²) in [6.45, 7) is 2.15. The zero-order valence-electron chi connectivity index (χ0n) is 16.6. The molecule has 0 radical (unpaired) electrons. The Morgan fingerprint density at radius 2 is 1.87 bits per heavy atom. The Kier molecular flexibility index (Phi) is 5.19. The van der Waals surface area contributed by atoms with Crippen LogP contribution in [0.15, 0.2) is 54.6 Å². The summed E-state index contributed by atoms with van der Waals surface area (Å²) in [5.41, 5.74) is 1.89. The summed E-state index contributed by atoms with van der Waals surface area (Å²) in [6, 6.07) is 13.9. The van der Waals surface area contributed by atoms with Crippen molar-refractivity contribution in [2.45, 2.75) is 13.3 Å². The number of nitrogens with one attached hydrogen (secondary N) is 1. The topological polar surface area (TPSA) is 127 Å². The minimum atomic E-state index is -3.35. The van der Waals surface area contributed by atoms with Crippen molar-refractivity contribution < 1.29 is 18.1 Å². The van der Waals surface area contributed by atoms with Gasteiger partial charge in [-0.25, -0.2) is 13.1 Å². The molecule has 1 aliphatic heterocycles. The minimum absolute atomic E-state index is 0.0492. The molecule has 3 aromatic rings. The Bertz CT molecular complexity index is 1270. The number of sulfonamides is 1. The molecule has 11 heteroatoms. The van der Waals surface area contributed by atoms with Gasteiger partial charge in [0.2, 0.25) is 10.0 Å². The fraction of sp³-hybridized carbons (Fsp3) is 0.200. The number of rotatable bonds is 5. The van der Waals surface area contributed by atoms with Crippen LogP contribution in [0, 0.1) is 17.0 Å². The van der Waals surface area contributed by atoms with Crippen LogP contribution in [0.1, 0.15) is 22.5 Å². The number of amides is 1. The van der Waals surface area contributed by atoms with E-state index in [0.29, 0.717) is 41.4 Å². The molecule has 0 bridgehead atoms. The van der Waals surface area contributed by atoms with E-state index < -0.39 is 20.9 Å². The molecule has 10 nitrogen and oxygen atoms in total. The van der Waals surface area contributed by atoms with Gasteiger partial charge >= 0.3 is 0 Å². The molecule has 1 N–H and O–H groups in total. The normalized spacial score (nSPS) is 15.1. The zero-order valence-corrected chi connectivity index (χ0v) is 17.4. The Morgan fingerprint density at radius 3 is 2.52 bits per heavy atom. The number of aryl methyl sites for hydroxylation is 1. The SMILES string of the molecule is Cc1cc(NC(=O)c2cccc(N3CCCS3(=O)=O)c2)n(-c2ccc([N+](=O)[O-])cc2)n1. The standard InChI is InChI=1S/C20H19N5O5S/c1-14-12-19(24(22-14)16-6-8-17(9-7-16)25(27)28)21-20(26)15-4-2-5-18(13-15)23-10-3-11-31(23,29)30/h2,4-9,12-13H,3,10-11H2,1H3,(H,21,26). The van der Waals surface area contributed by atoms with Crippen molar-refractivity contribution in [2.75, 3.05) is 21.9 Å². The summed E-state index contributed by atoms with van der Waals surface area (Å²) < 4.78 is 27.1. The Balaban J connectivity index is 1.60. The van der Waals surface area contributed by atoms with Gasteiger partial charge in [0.05, 0.1) is 27.7 Å². The number of non-ortho nitro benzene ring substituents is 1. The minimum Gasteiger partial charge on any atom is -0.306 e. The molecule has 1 fully saturated rings. The molecule has 0 unspecified atom stereocenters. The van der Waals surface area contributed by atoms with Gasteiger partial charge in [-0.15, -0.1) is 0 Å². The molecule has 0 spiro atoms. The maximum atomic E-state index is 12.9. The zero-order chi connectivity index (χ0) is 22.2. The van der Waals surface area contributed by atoms with Crippen LogP contribution in [0.3, 0.4) is 0 Å². The fourth-order valence-electron chi connectivity index (χ4n) is 3.42. The van der Waals surface area contributed by atoms with Crippen LogP contribution in [-0.4, -0.2) is 41.3 Å². The third-order valence-corrected chi connectivity index (χ3v) is 6.74. The van der Waals surface area contributed by atoms with Gasteiger partial charge in [-0.2, -0.15) is 5.10 Å². The van der Waals surface area contributed by atoms with E-state index in [9.17, 15) is 23.3 Å². The molecule has 1 saturated heterocycles. The van der Waals surface area contributed by atoms with Crippen LogP contribution in [0.2, 0.25) is 0 Å². The molecule has 160 valence electrons. The van der Waals surface area contributed by atoms with Crippen LogP contribution in [-0.2, 0) is 10.0 Å². The van der Waals surface area contributed by atoms with Gasteiger partial charge in [0, 0.05) is 30.3 Å². The summed E-state index contributed by atoms with van der Waals surface area (Å²) in [5, 5.41) is 18.0. The molecule has 1 aliphatic rings. The molecule has 0 atom stereocenters. The highest BCUT2D eigenvalue weighted by atomic mass is 32.2. The summed E-state index contributed by atoms with van der Waals surface area (Å²) in [5.74, 6) is 0.0500. The van der Waals surface area contributed by atoms with Gasteiger partial charge in [0.1, 0.15) is 5.82 Å². The number of carbonyl (C=O) groups is 1. The number of hydrogen-bond donors (Lipinski definition) is 1. The van der Waals surface area contributed by atoms with Crippen molar-refractivity contribution in [1.29, 1.82) is 0 Å². The second kappa shape index (κ2) is 7.84. The van der Waals surface area contributed by atoms with Crippen molar-refractivity contribution >= 4 is 33.1 Å². The van der Waals surface area contributed by atoms with Crippen LogP contribution in [0.25, 0.3) is 5.69 Å². The molecule has 4 rings (SSSR count). The first-order valence-corrected chi connectivity index (χ1v) is 11.1. The highest BCUT2D eigenvalue weighted by molar-refractivity contribution is 7.93. The predicted octanol–water partition coefficient (Wildman–Crippen LogP) is 2.88. The number of nitro groups is 1. The molecule has 2 aromatic carbocycles. The molecular weight excluding hydrogens is 422 g/mol. The van der Waals surface area contributed by atoms with Gasteiger partial charge in [0.25, 0.3) is 11.6 Å². The lowest BCUT2D eigenvalue weighted by atomic mass is 10.2. The number of hydrogen-bond acceptors (Lipinski definition) is 6. The Morgan fingerprint density at radius 1 is 1.13 bits per heavy atom. The van der Waals surface area contributed by atoms with Crippen molar-refractivity contribution in [2.24, 2.45) is 0 Å². The summed E-state index contributed by atoms with van der Waals surface area (Å²) in [7, 11) is -3.35. The van der Waals surface area contributed by atoms with Gasteiger partial charge in [0.15, 0.2) is 0 Å². The third kappa shape index (κ3) is 4.12. The molecule has 1 aromatic heterocycles. The lowest BCUT2D eigenvalue weighted by Gasteiger charge is -2.17. The van der Waals surface area contributed by atoms with Crippen molar-refractivity contribution in [3.63, 3.8) is 0 Å². The molecule has 2 heterocycles. The number of benzene rings is 2. The van der Waals surface area contributed by atoms with E-state index in [-0.39, 0.29) is 11.4 Å². The van der Waals surface area contributed by atoms with E-state index in [4.69, 9.17) is 0 Å². The second-order valence-electron chi connectivity index (χ2n) is 7.10. The van der Waals surface area contributed by atoms with Gasteiger partial charge in [-0.1, -0.05) is 6.07 Å². The van der Waals surface area contributed by atoms with Crippen molar-refractivity contribution in [1.82, 2.24) is 9.78 Å².